The van der Waals surface area contributed by atoms with Gasteiger partial charge in [0.25, 0.3) is 5.56 Å². The number of hydrogen-bond acceptors (Lipinski definition) is 6. The Morgan fingerprint density at radius 3 is 2.52 bits per heavy atom. The first kappa shape index (κ1) is 19.3. The molecular weight excluding hydrogens is 382 g/mol. The second-order valence-corrected chi connectivity index (χ2v) is 8.34. The van der Waals surface area contributed by atoms with Gasteiger partial charge in [-0.3, -0.25) is 19.0 Å². The van der Waals surface area contributed by atoms with E-state index in [0.29, 0.717) is 26.6 Å². The molecule has 0 unspecified atom stereocenters. The number of nitrogens with zero attached hydrogens (tertiary/aromatic N) is 2. The van der Waals surface area contributed by atoms with Crippen LogP contribution in [0.1, 0.15) is 27.7 Å². The van der Waals surface area contributed by atoms with Gasteiger partial charge >= 0.3 is 0 Å². The predicted octanol–water partition coefficient (Wildman–Crippen LogP) is 3.55. The van der Waals surface area contributed by atoms with Gasteiger partial charge < -0.3 is 5.32 Å². The number of Topliss-reactive ketones (excluding diaryl/α,β-unsaturated/α-hetero) is 1. The first-order chi connectivity index (χ1) is 12.8. The second-order valence-electron chi connectivity index (χ2n) is 6.19. The van der Waals surface area contributed by atoms with E-state index in [0.717, 1.165) is 10.4 Å². The first-order valence-electron chi connectivity index (χ1n) is 8.28. The van der Waals surface area contributed by atoms with Gasteiger partial charge in [-0.05, 0) is 43.7 Å². The number of ketones is 1. The Kier molecular flexibility index (Phi) is 5.48. The summed E-state index contributed by atoms with van der Waals surface area (Å²) in [7, 11) is 1.68. The van der Waals surface area contributed by atoms with E-state index in [1.54, 1.807) is 31.3 Å². The van der Waals surface area contributed by atoms with Gasteiger partial charge in [0.2, 0.25) is 5.91 Å². The third kappa shape index (κ3) is 3.96. The van der Waals surface area contributed by atoms with Crippen molar-refractivity contribution < 1.29 is 9.59 Å². The summed E-state index contributed by atoms with van der Waals surface area (Å²) in [5.74, 6) is -0.0532. The maximum atomic E-state index is 12.6. The molecular formula is C19H19N3O3S2. The Balaban J connectivity index is 1.78. The molecule has 0 radical (unpaired) electrons. The lowest BCUT2D eigenvalue weighted by molar-refractivity contribution is -0.114. The van der Waals surface area contributed by atoms with Gasteiger partial charge in [0.05, 0.1) is 11.1 Å². The molecule has 0 saturated heterocycles. The molecule has 8 heteroatoms. The number of hydrogen-bond donors (Lipinski definition) is 1. The maximum absolute atomic E-state index is 12.6. The molecule has 0 bridgehead atoms. The predicted molar refractivity (Wildman–Crippen MR) is 110 cm³/mol. The third-order valence-electron chi connectivity index (χ3n) is 4.23. The topological polar surface area (TPSA) is 81.1 Å². The van der Waals surface area contributed by atoms with Crippen LogP contribution in [0, 0.1) is 13.8 Å². The molecule has 2 heterocycles. The van der Waals surface area contributed by atoms with Crippen LogP contribution in [0.3, 0.4) is 0 Å². The van der Waals surface area contributed by atoms with E-state index >= 15 is 0 Å². The molecule has 27 heavy (non-hydrogen) atoms. The summed E-state index contributed by atoms with van der Waals surface area (Å²) in [6.45, 7) is 5.33. The lowest BCUT2D eigenvalue weighted by atomic mass is 10.1. The van der Waals surface area contributed by atoms with Gasteiger partial charge in [0, 0.05) is 30.1 Å². The van der Waals surface area contributed by atoms with Crippen LogP contribution in [0.2, 0.25) is 0 Å². The fourth-order valence-electron chi connectivity index (χ4n) is 2.64. The van der Waals surface area contributed by atoms with Crippen molar-refractivity contribution in [3.8, 4) is 0 Å². The molecule has 0 aliphatic rings. The summed E-state index contributed by atoms with van der Waals surface area (Å²) in [4.78, 5) is 42.5. The fourth-order valence-corrected chi connectivity index (χ4v) is 4.58. The Morgan fingerprint density at radius 2 is 1.89 bits per heavy atom. The minimum absolute atomic E-state index is 0.0674. The van der Waals surface area contributed by atoms with E-state index in [4.69, 9.17) is 0 Å². The zero-order valence-electron chi connectivity index (χ0n) is 15.5. The quantitative estimate of drug-likeness (QED) is 0.402. The number of thiophene rings is 1. The van der Waals surface area contributed by atoms with E-state index in [1.165, 1.54) is 34.6 Å². The molecule has 1 amide bonds. The number of rotatable bonds is 5. The van der Waals surface area contributed by atoms with Crippen LogP contribution in [0.25, 0.3) is 10.2 Å². The van der Waals surface area contributed by atoms with Crippen molar-refractivity contribution in [3.05, 3.63) is 50.6 Å². The average molecular weight is 402 g/mol. The summed E-state index contributed by atoms with van der Waals surface area (Å²) in [6.07, 6.45) is 0. The van der Waals surface area contributed by atoms with E-state index in [1.807, 2.05) is 13.8 Å². The molecule has 6 nitrogen and oxygen atoms in total. The summed E-state index contributed by atoms with van der Waals surface area (Å²) in [5.41, 5.74) is 2.07. The van der Waals surface area contributed by atoms with Crippen LogP contribution in [0.5, 0.6) is 0 Å². The number of carbonyl (C=O) groups is 2. The smallest absolute Gasteiger partial charge is 0.262 e. The molecule has 0 fully saturated rings. The van der Waals surface area contributed by atoms with E-state index in [2.05, 4.69) is 10.3 Å². The monoisotopic (exact) mass is 401 g/mol. The van der Waals surface area contributed by atoms with Crippen LogP contribution in [-0.4, -0.2) is 27.0 Å². The number of nitrogens with one attached hydrogen (secondary N) is 1. The largest absolute Gasteiger partial charge is 0.326 e. The van der Waals surface area contributed by atoms with Crippen molar-refractivity contribution in [2.24, 2.45) is 7.05 Å². The minimum atomic E-state index is -0.161. The van der Waals surface area contributed by atoms with Crippen molar-refractivity contribution in [1.29, 1.82) is 0 Å². The highest BCUT2D eigenvalue weighted by molar-refractivity contribution is 7.99. The van der Waals surface area contributed by atoms with Crippen LogP contribution in [0.4, 0.5) is 5.69 Å². The van der Waals surface area contributed by atoms with E-state index < -0.39 is 0 Å². The molecule has 0 spiro atoms. The highest BCUT2D eigenvalue weighted by Gasteiger charge is 2.16. The van der Waals surface area contributed by atoms with Gasteiger partial charge in [-0.2, -0.15) is 0 Å². The van der Waals surface area contributed by atoms with Gasteiger partial charge in [0.1, 0.15) is 4.83 Å². The Bertz CT molecular complexity index is 1100. The average Bonchev–Trinajstić information content (AvgIpc) is 2.91. The zero-order valence-corrected chi connectivity index (χ0v) is 17.1. The zero-order chi connectivity index (χ0) is 19.7. The number of thioether (sulfide) groups is 1. The van der Waals surface area contributed by atoms with Gasteiger partial charge in [-0.1, -0.05) is 11.8 Å². The molecule has 0 aliphatic carbocycles. The summed E-state index contributed by atoms with van der Waals surface area (Å²) in [6, 6.07) is 6.73. The van der Waals surface area contributed by atoms with Gasteiger partial charge in [-0.15, -0.1) is 11.3 Å². The van der Waals surface area contributed by atoms with Crippen LogP contribution in [0.15, 0.2) is 34.2 Å². The molecule has 0 saturated carbocycles. The number of benzene rings is 1. The second kappa shape index (κ2) is 7.66. The SMILES string of the molecule is CC(=O)Nc1ccc(C(=O)CSc2nc3sc(C)c(C)c3c(=O)n2C)cc1. The standard InChI is InChI=1S/C19H19N3O3S2/c1-10-11(2)27-17-16(10)18(25)22(4)19(21-17)26-9-15(24)13-5-7-14(8-6-13)20-12(3)23/h5-8H,9H2,1-4H3,(H,20,23). The highest BCUT2D eigenvalue weighted by atomic mass is 32.2. The number of amides is 1. The van der Waals surface area contributed by atoms with Crippen LogP contribution < -0.4 is 10.9 Å². The Hall–Kier alpha value is -2.45. The number of carbonyl (C=O) groups excluding carboxylic acids is 2. The molecule has 3 rings (SSSR count). The van der Waals surface area contributed by atoms with E-state index in [-0.39, 0.29) is 23.0 Å². The third-order valence-corrected chi connectivity index (χ3v) is 6.36. The van der Waals surface area contributed by atoms with E-state index in [9.17, 15) is 14.4 Å². The van der Waals surface area contributed by atoms with Crippen LogP contribution in [-0.2, 0) is 11.8 Å². The van der Waals surface area contributed by atoms with Crippen LogP contribution >= 0.6 is 23.1 Å². The summed E-state index contributed by atoms with van der Waals surface area (Å²) >= 11 is 2.74. The first-order valence-corrected chi connectivity index (χ1v) is 10.1. The Labute approximate surface area is 164 Å². The minimum Gasteiger partial charge on any atom is -0.326 e. The molecule has 0 atom stereocenters. The van der Waals surface area contributed by atoms with Gasteiger partial charge in [0.15, 0.2) is 10.9 Å². The highest BCUT2D eigenvalue weighted by Crippen LogP contribution is 2.28. The van der Waals surface area contributed by atoms with Crippen molar-refractivity contribution in [3.63, 3.8) is 0 Å². The van der Waals surface area contributed by atoms with Crippen molar-refractivity contribution in [1.82, 2.24) is 9.55 Å². The molecule has 1 aromatic carbocycles. The lowest BCUT2D eigenvalue weighted by Gasteiger charge is -2.07. The van der Waals surface area contributed by atoms with Crippen molar-refractivity contribution >= 4 is 50.7 Å². The number of aryl methyl sites for hydroxylation is 2. The molecule has 3 aromatic rings. The summed E-state index contributed by atoms with van der Waals surface area (Å²) < 4.78 is 1.50. The molecule has 0 aliphatic heterocycles. The van der Waals surface area contributed by atoms with Gasteiger partial charge in [-0.25, -0.2) is 4.98 Å². The maximum Gasteiger partial charge on any atom is 0.262 e. The normalized spacial score (nSPS) is 11.0. The van der Waals surface area contributed by atoms with Crippen molar-refractivity contribution in [2.45, 2.75) is 25.9 Å². The van der Waals surface area contributed by atoms with Crippen molar-refractivity contribution in [2.75, 3.05) is 11.1 Å². The fraction of sp³-hybridized carbons (Fsp3) is 0.263. The summed E-state index contributed by atoms with van der Waals surface area (Å²) in [5, 5.41) is 3.85. The number of fused-ring (bicyclic) bond motifs is 1. The molecule has 1 N–H and O–H groups in total. The molecule has 2 aromatic heterocycles. The number of anilines is 1. The molecule has 140 valence electrons. The Morgan fingerprint density at radius 1 is 1.22 bits per heavy atom. The number of aromatic nitrogens is 2. The lowest BCUT2D eigenvalue weighted by Crippen LogP contribution is -2.20.